The van der Waals surface area contributed by atoms with Crippen molar-refractivity contribution >= 4 is 51.6 Å². The number of carbonyl (C=O) groups is 1. The second kappa shape index (κ2) is 12.4. The summed E-state index contributed by atoms with van der Waals surface area (Å²) < 4.78 is 0. The number of hydrogen-bond acceptors (Lipinski definition) is 10. The molecular formula is C31H36N10O. The summed E-state index contributed by atoms with van der Waals surface area (Å²) in [6, 6.07) is 15.9. The molecule has 0 spiro atoms. The molecule has 0 radical (unpaired) electrons. The Morgan fingerprint density at radius 2 is 1.74 bits per heavy atom. The lowest BCUT2D eigenvalue weighted by Crippen LogP contribution is -2.47. The number of anilines is 6. The Hall–Kier alpha value is -4.77. The fraction of sp³-hybridized carbons (Fsp3) is 0.323. The van der Waals surface area contributed by atoms with E-state index in [9.17, 15) is 4.79 Å². The molecular weight excluding hydrogens is 528 g/mol. The van der Waals surface area contributed by atoms with Crippen LogP contribution in [-0.4, -0.2) is 83.1 Å². The number of aromatic nitrogens is 4. The minimum Gasteiger partial charge on any atom is -0.368 e. The Morgan fingerprint density at radius 1 is 0.929 bits per heavy atom. The number of piperazine rings is 1. The predicted molar refractivity (Wildman–Crippen MR) is 168 cm³/mol. The van der Waals surface area contributed by atoms with Gasteiger partial charge in [-0.05, 0) is 56.3 Å². The zero-order valence-corrected chi connectivity index (χ0v) is 23.8. The maximum absolute atomic E-state index is 12.0. The number of nitrogens with zero attached hydrogens (tertiary/aromatic N) is 7. The number of fused-ring (bicyclic) bond motifs is 1. The van der Waals surface area contributed by atoms with Gasteiger partial charge in [0.1, 0.15) is 17.5 Å². The first kappa shape index (κ1) is 27.4. The first-order valence-corrected chi connectivity index (χ1v) is 14.4. The van der Waals surface area contributed by atoms with Crippen LogP contribution in [0.3, 0.4) is 0 Å². The number of likely N-dealkylation sites (N-methyl/N-ethyl adjacent to an activating group) is 1. The second-order valence-corrected chi connectivity index (χ2v) is 10.8. The third-order valence-corrected chi connectivity index (χ3v) is 7.72. The van der Waals surface area contributed by atoms with Crippen molar-refractivity contribution in [2.24, 2.45) is 0 Å². The number of para-hydroxylation sites is 1. The molecule has 4 aromatic rings. The lowest BCUT2D eigenvalue weighted by Gasteiger charge is -2.34. The summed E-state index contributed by atoms with van der Waals surface area (Å²) >= 11 is 0. The monoisotopic (exact) mass is 564 g/mol. The predicted octanol–water partition coefficient (Wildman–Crippen LogP) is 3.93. The van der Waals surface area contributed by atoms with E-state index < -0.39 is 0 Å². The van der Waals surface area contributed by atoms with Crippen LogP contribution in [0, 0.1) is 0 Å². The molecule has 6 rings (SSSR count). The third kappa shape index (κ3) is 6.41. The number of nitrogens with one attached hydrogen (secondary N) is 3. The minimum atomic E-state index is -0.164. The molecule has 1 aromatic carbocycles. The van der Waals surface area contributed by atoms with Crippen LogP contribution in [0.5, 0.6) is 0 Å². The maximum atomic E-state index is 12.0. The number of benzene rings is 1. The topological polar surface area (TPSA) is 114 Å². The van der Waals surface area contributed by atoms with Gasteiger partial charge in [-0.25, -0.2) is 15.0 Å². The van der Waals surface area contributed by atoms with Crippen molar-refractivity contribution in [2.45, 2.75) is 18.9 Å². The van der Waals surface area contributed by atoms with Crippen molar-refractivity contribution in [1.82, 2.24) is 30.2 Å². The number of piperidine rings is 1. The van der Waals surface area contributed by atoms with Gasteiger partial charge in [-0.15, -0.1) is 0 Å². The summed E-state index contributed by atoms with van der Waals surface area (Å²) in [6.07, 6.45) is 6.82. The molecule has 2 saturated heterocycles. The maximum Gasteiger partial charge on any atom is 0.243 e. The van der Waals surface area contributed by atoms with Gasteiger partial charge < -0.3 is 30.7 Å². The molecule has 2 aliphatic rings. The normalized spacial score (nSPS) is 17.6. The van der Waals surface area contributed by atoms with Gasteiger partial charge in [-0.2, -0.15) is 4.98 Å². The molecule has 3 N–H and O–H groups in total. The van der Waals surface area contributed by atoms with Crippen LogP contribution in [-0.2, 0) is 4.79 Å². The van der Waals surface area contributed by atoms with Crippen LogP contribution in [0.15, 0.2) is 73.6 Å². The molecule has 216 valence electrons. The first-order chi connectivity index (χ1) is 20.5. The summed E-state index contributed by atoms with van der Waals surface area (Å²) in [5.74, 6) is 2.49. The van der Waals surface area contributed by atoms with Crippen molar-refractivity contribution in [3.05, 3.63) is 73.6 Å². The van der Waals surface area contributed by atoms with Gasteiger partial charge in [0.15, 0.2) is 0 Å². The molecule has 3 aromatic heterocycles. The fourth-order valence-electron chi connectivity index (χ4n) is 5.42. The van der Waals surface area contributed by atoms with Gasteiger partial charge in [-0.1, -0.05) is 24.8 Å². The number of carbonyl (C=O) groups excluding carboxylic acids is 1. The second-order valence-electron chi connectivity index (χ2n) is 10.8. The summed E-state index contributed by atoms with van der Waals surface area (Å²) in [7, 11) is 2.15. The quantitative estimate of drug-likeness (QED) is 0.272. The van der Waals surface area contributed by atoms with Crippen LogP contribution in [0.1, 0.15) is 12.8 Å². The molecule has 42 heavy (non-hydrogen) atoms. The van der Waals surface area contributed by atoms with E-state index in [1.54, 1.807) is 6.20 Å². The average Bonchev–Trinajstić information content (AvgIpc) is 3.02. The fourth-order valence-corrected chi connectivity index (χ4v) is 5.42. The lowest BCUT2D eigenvalue weighted by molar-refractivity contribution is -0.117. The van der Waals surface area contributed by atoms with Crippen molar-refractivity contribution < 1.29 is 4.79 Å². The Kier molecular flexibility index (Phi) is 8.09. The molecule has 0 aliphatic carbocycles. The zero-order chi connectivity index (χ0) is 28.9. The van der Waals surface area contributed by atoms with Crippen LogP contribution < -0.4 is 25.8 Å². The Morgan fingerprint density at radius 3 is 2.50 bits per heavy atom. The van der Waals surface area contributed by atoms with E-state index in [0.29, 0.717) is 18.3 Å². The Bertz CT molecular complexity index is 1540. The molecule has 1 atom stereocenters. The summed E-state index contributed by atoms with van der Waals surface area (Å²) in [5.41, 5.74) is 2.74. The molecule has 5 heterocycles. The van der Waals surface area contributed by atoms with E-state index in [1.807, 2.05) is 48.7 Å². The van der Waals surface area contributed by atoms with E-state index in [4.69, 9.17) is 9.97 Å². The third-order valence-electron chi connectivity index (χ3n) is 7.72. The summed E-state index contributed by atoms with van der Waals surface area (Å²) in [5, 5.41) is 10.6. The lowest BCUT2D eigenvalue weighted by atomic mass is 10.1. The van der Waals surface area contributed by atoms with Gasteiger partial charge in [0.05, 0.1) is 23.6 Å². The van der Waals surface area contributed by atoms with E-state index >= 15 is 0 Å². The highest BCUT2D eigenvalue weighted by Gasteiger charge is 2.24. The standard InChI is InChI=1S/C31H36N10O/c1-3-29(42)34-23-10-7-13-41(21-23)30-25-18-28(33-20-26(25)36-31(38-30)35-22-8-5-4-6-9-22)37-27-12-11-24(19-32-27)40-16-14-39(2)15-17-40/h3-6,8-9,11-12,18-20,23H,1,7,10,13-17,21H2,2H3,(H,34,42)(H,32,33,37)(H,35,36,38)/t23-/m1/s1. The average molecular weight is 565 g/mol. The molecule has 0 unspecified atom stereocenters. The van der Waals surface area contributed by atoms with Gasteiger partial charge >= 0.3 is 0 Å². The molecule has 0 bridgehead atoms. The van der Waals surface area contributed by atoms with Gasteiger partial charge in [0, 0.05) is 56.4 Å². The summed E-state index contributed by atoms with van der Waals surface area (Å²) in [4.78, 5) is 38.0. The number of amides is 1. The van der Waals surface area contributed by atoms with Gasteiger partial charge in [0.2, 0.25) is 11.9 Å². The summed E-state index contributed by atoms with van der Waals surface area (Å²) in [6.45, 7) is 9.13. The molecule has 1 amide bonds. The largest absolute Gasteiger partial charge is 0.368 e. The van der Waals surface area contributed by atoms with Crippen molar-refractivity contribution in [1.29, 1.82) is 0 Å². The van der Waals surface area contributed by atoms with Crippen molar-refractivity contribution in [3.8, 4) is 0 Å². The van der Waals surface area contributed by atoms with E-state index in [-0.39, 0.29) is 11.9 Å². The molecule has 11 nitrogen and oxygen atoms in total. The number of rotatable bonds is 8. The molecule has 11 heteroatoms. The van der Waals surface area contributed by atoms with Crippen molar-refractivity contribution in [2.75, 3.05) is 66.7 Å². The number of pyridine rings is 2. The van der Waals surface area contributed by atoms with Crippen LogP contribution in [0.25, 0.3) is 10.9 Å². The highest BCUT2D eigenvalue weighted by Crippen LogP contribution is 2.31. The highest BCUT2D eigenvalue weighted by molar-refractivity contribution is 5.92. The van der Waals surface area contributed by atoms with Crippen LogP contribution in [0.4, 0.5) is 34.8 Å². The number of hydrogen-bond donors (Lipinski definition) is 3. The van der Waals surface area contributed by atoms with E-state index in [0.717, 1.165) is 79.5 Å². The zero-order valence-electron chi connectivity index (χ0n) is 23.8. The van der Waals surface area contributed by atoms with Crippen LogP contribution >= 0.6 is 0 Å². The van der Waals surface area contributed by atoms with Crippen LogP contribution in [0.2, 0.25) is 0 Å². The highest BCUT2D eigenvalue weighted by atomic mass is 16.1. The van der Waals surface area contributed by atoms with Gasteiger partial charge in [0.25, 0.3) is 0 Å². The van der Waals surface area contributed by atoms with Crippen molar-refractivity contribution in [3.63, 3.8) is 0 Å². The smallest absolute Gasteiger partial charge is 0.243 e. The molecule has 0 saturated carbocycles. The Labute approximate surface area is 245 Å². The molecule has 2 fully saturated rings. The van der Waals surface area contributed by atoms with E-state index in [1.165, 1.54) is 6.08 Å². The first-order valence-electron chi connectivity index (χ1n) is 14.4. The molecule has 2 aliphatic heterocycles. The Balaban J connectivity index is 1.28. The van der Waals surface area contributed by atoms with E-state index in [2.05, 4.69) is 60.3 Å². The van der Waals surface area contributed by atoms with Gasteiger partial charge in [-0.3, -0.25) is 4.79 Å². The minimum absolute atomic E-state index is 0.00208. The SMILES string of the molecule is C=CC(=O)N[C@@H]1CCCN(c2nc(Nc3ccccc3)nc3cnc(Nc4ccc(N5CCN(C)CC5)cn4)cc23)C1.